The van der Waals surface area contributed by atoms with E-state index in [1.54, 1.807) is 0 Å². The molecule has 0 saturated carbocycles. The predicted molar refractivity (Wildman–Crippen MR) is 42.5 cm³/mol. The second-order valence-electron chi connectivity index (χ2n) is 1.97. The molecule has 0 saturated heterocycles. The van der Waals surface area contributed by atoms with Gasteiger partial charge in [-0.1, -0.05) is 0 Å². The van der Waals surface area contributed by atoms with Gasteiger partial charge in [-0.3, -0.25) is 0 Å². The zero-order valence-electron chi connectivity index (χ0n) is 5.45. The summed E-state index contributed by atoms with van der Waals surface area (Å²) in [7, 11) is 5.19. The van der Waals surface area contributed by atoms with E-state index in [0.717, 1.165) is 13.7 Å². The molecular formula is C3B4FNO2. The van der Waals surface area contributed by atoms with Gasteiger partial charge in [-0.05, 0) is 0 Å². The van der Waals surface area contributed by atoms with E-state index < -0.39 is 16.2 Å². The van der Waals surface area contributed by atoms with Crippen LogP contribution in [0.1, 0.15) is 0 Å². The van der Waals surface area contributed by atoms with Crippen LogP contribution in [0.2, 0.25) is 0 Å². The molecule has 0 spiro atoms. The molecule has 0 aliphatic rings. The number of rotatable bonds is 1. The minimum absolute atomic E-state index is 0.179. The second kappa shape index (κ2) is 3.07. The summed E-state index contributed by atoms with van der Waals surface area (Å²) in [5.41, 5.74) is -1.46. The number of hydrogen-bond donors (Lipinski definition) is 0. The first kappa shape index (κ1) is 8.30. The summed E-state index contributed by atoms with van der Waals surface area (Å²) in [6, 6.07) is 0. The predicted octanol–water partition coefficient (Wildman–Crippen LogP) is -1.46. The third-order valence-corrected chi connectivity index (χ3v) is 1.17. The normalized spacial score (nSPS) is 8.45. The van der Waals surface area contributed by atoms with E-state index in [0.29, 0.717) is 0 Å². The summed E-state index contributed by atoms with van der Waals surface area (Å²) in [4.78, 5) is 9.27. The molecule has 0 aromatic carbocycles. The molecule has 1 rings (SSSR count). The molecule has 1 aromatic rings. The standard InChI is InChI=1S/C3B4FNO2/c4-3-5-2(9(10)11)1(8)6-7-3. The zero-order chi connectivity index (χ0) is 8.43. The summed E-state index contributed by atoms with van der Waals surface area (Å²) in [6.45, 7) is 3.21. The minimum atomic E-state index is -0.871. The fourth-order valence-electron chi connectivity index (χ4n) is 0.670. The van der Waals surface area contributed by atoms with Crippen molar-refractivity contribution in [3.8, 4) is 0 Å². The fraction of sp³-hybridized carbons (Fsp3) is 0. The second-order valence-corrected chi connectivity index (χ2v) is 1.97. The summed E-state index contributed by atoms with van der Waals surface area (Å²) in [6.07, 6.45) is 0. The molecule has 2 radical (unpaired) electrons. The SMILES string of the molecule is [B]c1bbc(F)c([N+](=O)[O-])b1. The van der Waals surface area contributed by atoms with E-state index in [2.05, 4.69) is 0 Å². The number of nitrogens with zero attached hydrogens (tertiary/aromatic N) is 1. The molecule has 1 heterocycles. The molecule has 0 amide bonds. The average molecular weight is 144 g/mol. The number of hydrogen-bond acceptors (Lipinski definition) is 2. The van der Waals surface area contributed by atoms with Crippen LogP contribution in [-0.4, -0.2) is 33.3 Å². The molecule has 0 N–H and O–H groups in total. The number of nitro groups is 1. The number of halogens is 1. The Morgan fingerprint density at radius 1 is 1.55 bits per heavy atom. The van der Waals surface area contributed by atoms with Crippen molar-refractivity contribution in [2.75, 3.05) is 0 Å². The van der Waals surface area contributed by atoms with E-state index in [9.17, 15) is 14.5 Å². The molecule has 0 fully saturated rings. The van der Waals surface area contributed by atoms with E-state index in [4.69, 9.17) is 7.85 Å². The van der Waals surface area contributed by atoms with Crippen LogP contribution in [0.25, 0.3) is 0 Å². The van der Waals surface area contributed by atoms with Gasteiger partial charge < -0.3 is 0 Å². The maximum atomic E-state index is 12.5. The van der Waals surface area contributed by atoms with Gasteiger partial charge in [0, 0.05) is 0 Å². The Morgan fingerprint density at radius 3 is 2.64 bits per heavy atom. The van der Waals surface area contributed by atoms with Crippen LogP contribution in [-0.2, 0) is 0 Å². The molecule has 8 heteroatoms. The Bertz CT molecular complexity index is 305. The molecule has 48 valence electrons. The van der Waals surface area contributed by atoms with Gasteiger partial charge in [-0.25, -0.2) is 0 Å². The molecule has 0 aliphatic carbocycles. The van der Waals surface area contributed by atoms with Crippen molar-refractivity contribution in [2.45, 2.75) is 0 Å². The third-order valence-electron chi connectivity index (χ3n) is 1.17. The van der Waals surface area contributed by atoms with Crippen molar-refractivity contribution in [3.05, 3.63) is 15.8 Å². The van der Waals surface area contributed by atoms with Gasteiger partial charge in [0.2, 0.25) is 0 Å². The van der Waals surface area contributed by atoms with Crippen molar-refractivity contribution in [1.82, 2.24) is 0 Å². The molecule has 0 aliphatic heterocycles. The van der Waals surface area contributed by atoms with Gasteiger partial charge in [0.05, 0.1) is 0 Å². The molecule has 3 nitrogen and oxygen atoms in total. The molecule has 0 bridgehead atoms. The van der Waals surface area contributed by atoms with Gasteiger partial charge >= 0.3 is 64.3 Å². The van der Waals surface area contributed by atoms with Crippen LogP contribution in [0.3, 0.4) is 0 Å². The van der Waals surface area contributed by atoms with Crippen molar-refractivity contribution in [1.29, 1.82) is 0 Å². The first-order valence-electron chi connectivity index (χ1n) is 2.80. The van der Waals surface area contributed by atoms with Gasteiger partial charge in [-0.15, -0.1) is 0 Å². The summed E-state index contributed by atoms with van der Waals surface area (Å²) < 4.78 is 12.5. The van der Waals surface area contributed by atoms with Crippen LogP contribution >= 0.6 is 0 Å². The fourth-order valence-corrected chi connectivity index (χ4v) is 0.670. The van der Waals surface area contributed by atoms with Gasteiger partial charge in [0.15, 0.2) is 0 Å². The van der Waals surface area contributed by atoms with Crippen molar-refractivity contribution < 1.29 is 9.31 Å². The van der Waals surface area contributed by atoms with Crippen LogP contribution < -0.4 is 5.25 Å². The topological polar surface area (TPSA) is 43.1 Å². The Labute approximate surface area is 65.2 Å². The Balaban J connectivity index is 3.23. The Morgan fingerprint density at radius 2 is 2.18 bits per heavy atom. The monoisotopic (exact) mass is 145 g/mol. The van der Waals surface area contributed by atoms with Crippen molar-refractivity contribution in [2.24, 2.45) is 0 Å². The van der Waals surface area contributed by atoms with E-state index in [-0.39, 0.29) is 5.25 Å². The maximum absolute atomic E-state index is 12.5. The molecule has 0 atom stereocenters. The van der Waals surface area contributed by atoms with E-state index in [1.807, 2.05) is 0 Å². The first-order chi connectivity index (χ1) is 5.11. The Kier molecular flexibility index (Phi) is 2.31. The summed E-state index contributed by atoms with van der Waals surface area (Å²) >= 11 is 0. The average Bonchev–Trinajstić information content (AvgIpc) is 1.94. The van der Waals surface area contributed by atoms with E-state index in [1.165, 1.54) is 6.80 Å². The molecule has 11 heavy (non-hydrogen) atoms. The summed E-state index contributed by atoms with van der Waals surface area (Å²) in [5.74, 6) is 0. The summed E-state index contributed by atoms with van der Waals surface area (Å²) in [5, 5.41) is 10.3. The van der Waals surface area contributed by atoms with Crippen LogP contribution in [0.5, 0.6) is 0 Å². The van der Waals surface area contributed by atoms with E-state index >= 15 is 0 Å². The van der Waals surface area contributed by atoms with Gasteiger partial charge in [0.1, 0.15) is 0 Å². The third kappa shape index (κ3) is 1.82. The van der Waals surface area contributed by atoms with Crippen LogP contribution in [0.4, 0.5) is 9.97 Å². The van der Waals surface area contributed by atoms with Gasteiger partial charge in [0.25, 0.3) is 0 Å². The van der Waals surface area contributed by atoms with Crippen molar-refractivity contribution in [3.63, 3.8) is 0 Å². The molecular weight excluding hydrogens is 144 g/mol. The van der Waals surface area contributed by atoms with Crippen LogP contribution in [0.15, 0.2) is 0 Å². The van der Waals surface area contributed by atoms with Crippen molar-refractivity contribution >= 4 is 39.2 Å². The Hall–Kier alpha value is -0.800. The first-order valence-corrected chi connectivity index (χ1v) is 2.80. The van der Waals surface area contributed by atoms with Gasteiger partial charge in [-0.2, -0.15) is 0 Å². The molecule has 0 unspecified atom stereocenters. The quantitative estimate of drug-likeness (QED) is 0.275. The molecule has 1 aromatic heterocycles. The zero-order valence-corrected chi connectivity index (χ0v) is 5.45. The van der Waals surface area contributed by atoms with Crippen LogP contribution in [0, 0.1) is 15.8 Å².